The van der Waals surface area contributed by atoms with Crippen molar-refractivity contribution in [2.45, 2.75) is 0 Å². The van der Waals surface area contributed by atoms with Crippen molar-refractivity contribution in [2.75, 3.05) is 14.2 Å². The zero-order valence-corrected chi connectivity index (χ0v) is 15.6. The Hall–Kier alpha value is -2.62. The standard InChI is InChI=1S/C17H14IN3O4/c1-24-16-10-17(25-2)14(18)9-13(16)15-7-8-19-20(15)11-3-5-12(6-4-11)21(22)23/h3-10H,1-2H3. The van der Waals surface area contributed by atoms with Gasteiger partial charge in [0.05, 0.1) is 40.3 Å². The van der Waals surface area contributed by atoms with Crippen LogP contribution in [0.2, 0.25) is 0 Å². The van der Waals surface area contributed by atoms with Gasteiger partial charge in [0.1, 0.15) is 11.5 Å². The second kappa shape index (κ2) is 7.09. The van der Waals surface area contributed by atoms with Crippen molar-refractivity contribution < 1.29 is 14.4 Å². The van der Waals surface area contributed by atoms with Crippen molar-refractivity contribution in [2.24, 2.45) is 0 Å². The molecule has 8 heteroatoms. The fraction of sp³-hybridized carbons (Fsp3) is 0.118. The minimum absolute atomic E-state index is 0.0361. The van der Waals surface area contributed by atoms with Gasteiger partial charge in [-0.1, -0.05) is 0 Å². The third-order valence-corrected chi connectivity index (χ3v) is 4.54. The number of ether oxygens (including phenoxy) is 2. The van der Waals surface area contributed by atoms with Gasteiger partial charge >= 0.3 is 0 Å². The third kappa shape index (κ3) is 3.29. The molecule has 7 nitrogen and oxygen atoms in total. The van der Waals surface area contributed by atoms with Gasteiger partial charge in [-0.25, -0.2) is 4.68 Å². The second-order valence-electron chi connectivity index (χ2n) is 5.09. The molecular weight excluding hydrogens is 437 g/mol. The summed E-state index contributed by atoms with van der Waals surface area (Å²) < 4.78 is 13.5. The Morgan fingerprint density at radius 1 is 1.08 bits per heavy atom. The predicted molar refractivity (Wildman–Crippen MR) is 101 cm³/mol. The van der Waals surface area contributed by atoms with Crippen molar-refractivity contribution in [1.82, 2.24) is 9.78 Å². The van der Waals surface area contributed by atoms with Gasteiger partial charge < -0.3 is 9.47 Å². The van der Waals surface area contributed by atoms with Crippen LogP contribution in [0.15, 0.2) is 48.7 Å². The van der Waals surface area contributed by atoms with Crippen LogP contribution in [0.1, 0.15) is 0 Å². The molecule has 0 spiro atoms. The largest absolute Gasteiger partial charge is 0.496 e. The Morgan fingerprint density at radius 3 is 2.36 bits per heavy atom. The summed E-state index contributed by atoms with van der Waals surface area (Å²) in [5.74, 6) is 1.38. The number of nitrogens with zero attached hydrogens (tertiary/aromatic N) is 3. The lowest BCUT2D eigenvalue weighted by Crippen LogP contribution is -2.01. The highest BCUT2D eigenvalue weighted by Gasteiger charge is 2.16. The zero-order chi connectivity index (χ0) is 18.0. The van der Waals surface area contributed by atoms with Crippen molar-refractivity contribution in [3.05, 3.63) is 62.3 Å². The van der Waals surface area contributed by atoms with Gasteiger partial charge in [-0.15, -0.1) is 0 Å². The number of benzene rings is 2. The van der Waals surface area contributed by atoms with Crippen molar-refractivity contribution in [3.63, 3.8) is 0 Å². The molecular formula is C17H14IN3O4. The van der Waals surface area contributed by atoms with Crippen molar-refractivity contribution in [3.8, 4) is 28.4 Å². The molecule has 0 fully saturated rings. The Labute approximate surface area is 157 Å². The number of methoxy groups -OCH3 is 2. The maximum absolute atomic E-state index is 10.8. The molecule has 0 saturated carbocycles. The molecule has 0 aliphatic carbocycles. The fourth-order valence-electron chi connectivity index (χ4n) is 2.49. The van der Waals surface area contributed by atoms with E-state index >= 15 is 0 Å². The van der Waals surface area contributed by atoms with Gasteiger partial charge in [-0.2, -0.15) is 5.10 Å². The Bertz CT molecular complexity index is 922. The van der Waals surface area contributed by atoms with Crippen LogP contribution in [0.3, 0.4) is 0 Å². The predicted octanol–water partition coefficient (Wildman–Crippen LogP) is 4.07. The summed E-state index contributed by atoms with van der Waals surface area (Å²) in [5.41, 5.74) is 2.42. The summed E-state index contributed by atoms with van der Waals surface area (Å²) in [6.45, 7) is 0. The zero-order valence-electron chi connectivity index (χ0n) is 13.5. The number of nitro groups is 1. The van der Waals surface area contributed by atoms with Crippen LogP contribution in [0.25, 0.3) is 16.9 Å². The number of aromatic nitrogens is 2. The Balaban J connectivity index is 2.11. The molecule has 0 unspecified atom stereocenters. The van der Waals surface area contributed by atoms with Gasteiger partial charge in [0.25, 0.3) is 5.69 Å². The molecule has 2 aromatic carbocycles. The lowest BCUT2D eigenvalue weighted by Gasteiger charge is -2.14. The Morgan fingerprint density at radius 2 is 1.76 bits per heavy atom. The maximum Gasteiger partial charge on any atom is 0.269 e. The minimum atomic E-state index is -0.428. The summed E-state index contributed by atoms with van der Waals surface area (Å²) in [6.07, 6.45) is 1.67. The molecule has 3 aromatic rings. The minimum Gasteiger partial charge on any atom is -0.496 e. The quantitative estimate of drug-likeness (QED) is 0.332. The van der Waals surface area contributed by atoms with E-state index in [2.05, 4.69) is 27.7 Å². The molecule has 0 saturated heterocycles. The molecule has 1 aromatic heterocycles. The molecule has 25 heavy (non-hydrogen) atoms. The van der Waals surface area contributed by atoms with Gasteiger partial charge in [0.15, 0.2) is 0 Å². The van der Waals surface area contributed by atoms with E-state index in [9.17, 15) is 10.1 Å². The molecule has 0 amide bonds. The number of nitro benzene ring substituents is 1. The van der Waals surface area contributed by atoms with Crippen molar-refractivity contribution >= 4 is 28.3 Å². The highest BCUT2D eigenvalue weighted by molar-refractivity contribution is 14.1. The molecule has 3 rings (SSSR count). The van der Waals surface area contributed by atoms with Gasteiger partial charge in [-0.05, 0) is 46.9 Å². The first-order chi connectivity index (χ1) is 12.0. The third-order valence-electron chi connectivity index (χ3n) is 3.70. The lowest BCUT2D eigenvalue weighted by atomic mass is 10.1. The Kier molecular flexibility index (Phi) is 4.88. The number of hydrogen-bond donors (Lipinski definition) is 0. The smallest absolute Gasteiger partial charge is 0.269 e. The van der Waals surface area contributed by atoms with E-state index in [4.69, 9.17) is 9.47 Å². The lowest BCUT2D eigenvalue weighted by molar-refractivity contribution is -0.384. The molecule has 0 aliphatic rings. The average molecular weight is 451 g/mol. The summed E-state index contributed by atoms with van der Waals surface area (Å²) >= 11 is 2.20. The SMILES string of the molecule is COc1cc(OC)c(-c2ccnn2-c2ccc([N+](=O)[O-])cc2)cc1I. The summed E-state index contributed by atoms with van der Waals surface area (Å²) in [7, 11) is 3.20. The monoisotopic (exact) mass is 451 g/mol. The van der Waals surface area contributed by atoms with E-state index in [1.54, 1.807) is 37.2 Å². The van der Waals surface area contributed by atoms with E-state index in [0.29, 0.717) is 5.75 Å². The van der Waals surface area contributed by atoms with Gasteiger partial charge in [0, 0.05) is 23.8 Å². The highest BCUT2D eigenvalue weighted by Crippen LogP contribution is 2.37. The average Bonchev–Trinajstić information content (AvgIpc) is 3.11. The first-order valence-electron chi connectivity index (χ1n) is 7.26. The number of non-ortho nitro benzene ring substituents is 1. The van der Waals surface area contributed by atoms with E-state index in [1.807, 2.05) is 18.2 Å². The first kappa shape index (κ1) is 17.2. The van der Waals surface area contributed by atoms with E-state index in [1.165, 1.54) is 12.1 Å². The van der Waals surface area contributed by atoms with Gasteiger partial charge in [-0.3, -0.25) is 10.1 Å². The normalized spacial score (nSPS) is 10.5. The van der Waals surface area contributed by atoms with Crippen LogP contribution in [-0.2, 0) is 0 Å². The first-order valence-corrected chi connectivity index (χ1v) is 8.33. The van der Waals surface area contributed by atoms with E-state index in [0.717, 1.165) is 26.3 Å². The van der Waals surface area contributed by atoms with Crippen LogP contribution in [0.5, 0.6) is 11.5 Å². The maximum atomic E-state index is 10.8. The summed E-state index contributed by atoms with van der Waals surface area (Å²) in [5, 5.41) is 15.2. The summed E-state index contributed by atoms with van der Waals surface area (Å²) in [4.78, 5) is 10.4. The van der Waals surface area contributed by atoms with Crippen LogP contribution < -0.4 is 9.47 Å². The highest BCUT2D eigenvalue weighted by atomic mass is 127. The molecule has 0 atom stereocenters. The molecule has 0 N–H and O–H groups in total. The van der Waals surface area contributed by atoms with E-state index in [-0.39, 0.29) is 5.69 Å². The topological polar surface area (TPSA) is 79.4 Å². The molecule has 0 radical (unpaired) electrons. The fourth-order valence-corrected chi connectivity index (χ4v) is 3.18. The van der Waals surface area contributed by atoms with Crippen molar-refractivity contribution in [1.29, 1.82) is 0 Å². The van der Waals surface area contributed by atoms with Crippen LogP contribution in [-0.4, -0.2) is 28.9 Å². The molecule has 128 valence electrons. The van der Waals surface area contributed by atoms with Crippen LogP contribution in [0.4, 0.5) is 5.69 Å². The van der Waals surface area contributed by atoms with Gasteiger partial charge in [0.2, 0.25) is 0 Å². The van der Waals surface area contributed by atoms with Crippen LogP contribution in [0, 0.1) is 13.7 Å². The van der Waals surface area contributed by atoms with Crippen LogP contribution >= 0.6 is 22.6 Å². The molecule has 1 heterocycles. The number of hydrogen-bond acceptors (Lipinski definition) is 5. The number of halogens is 1. The van der Waals surface area contributed by atoms with E-state index < -0.39 is 4.92 Å². The summed E-state index contributed by atoms with van der Waals surface area (Å²) in [6, 6.07) is 11.9. The molecule has 0 bridgehead atoms. The molecule has 0 aliphatic heterocycles. The second-order valence-corrected chi connectivity index (χ2v) is 6.25. The number of rotatable bonds is 5.